The Labute approximate surface area is 175 Å². The van der Waals surface area contributed by atoms with Crippen molar-refractivity contribution in [2.75, 3.05) is 0 Å². The van der Waals surface area contributed by atoms with Crippen LogP contribution < -0.4 is 10.2 Å². The first-order valence-electron chi connectivity index (χ1n) is 10.3. The number of nitro benzene ring substituents is 1. The van der Waals surface area contributed by atoms with E-state index in [1.54, 1.807) is 18.3 Å². The highest BCUT2D eigenvalue weighted by Gasteiger charge is 2.64. The minimum absolute atomic E-state index is 0.0312. The quantitative estimate of drug-likeness (QED) is 0.417. The molecule has 0 spiro atoms. The number of rotatable bonds is 7. The molecule has 2 aliphatic carbocycles. The molecule has 156 valence electrons. The van der Waals surface area contributed by atoms with Crippen molar-refractivity contribution < 1.29 is 14.5 Å². The van der Waals surface area contributed by atoms with Crippen LogP contribution in [0.1, 0.15) is 43.7 Å². The fourth-order valence-corrected chi connectivity index (χ4v) is 4.62. The van der Waals surface area contributed by atoms with Crippen LogP contribution in [0, 0.1) is 27.4 Å². The van der Waals surface area contributed by atoms with Crippen molar-refractivity contribution >= 4 is 17.8 Å². The third-order valence-electron chi connectivity index (χ3n) is 6.43. The zero-order valence-electron chi connectivity index (χ0n) is 16.9. The van der Waals surface area contributed by atoms with Gasteiger partial charge in [-0.25, -0.2) is 5.43 Å². The summed E-state index contributed by atoms with van der Waals surface area (Å²) in [4.78, 5) is 22.7. The molecular formula is C23H25N3O4. The molecule has 0 aromatic heterocycles. The molecule has 2 aliphatic rings. The van der Waals surface area contributed by atoms with Crippen LogP contribution in [-0.2, 0) is 11.4 Å². The maximum absolute atomic E-state index is 12.4. The van der Waals surface area contributed by atoms with Gasteiger partial charge in [-0.3, -0.25) is 14.9 Å². The molecule has 2 aromatic rings. The molecule has 30 heavy (non-hydrogen) atoms. The Balaban J connectivity index is 1.25. The van der Waals surface area contributed by atoms with Crippen molar-refractivity contribution in [2.45, 2.75) is 39.2 Å². The number of fused-ring (bicyclic) bond motifs is 1. The molecule has 7 nitrogen and oxygen atoms in total. The Morgan fingerprint density at radius 3 is 2.60 bits per heavy atom. The Kier molecular flexibility index (Phi) is 5.53. The Hall–Kier alpha value is -3.22. The smallest absolute Gasteiger partial charge is 0.269 e. The summed E-state index contributed by atoms with van der Waals surface area (Å²) in [6.45, 7) is 2.54. The van der Waals surface area contributed by atoms with Gasteiger partial charge >= 0.3 is 0 Å². The van der Waals surface area contributed by atoms with Crippen LogP contribution in [0.3, 0.4) is 0 Å². The van der Waals surface area contributed by atoms with Crippen LogP contribution >= 0.6 is 0 Å². The number of carbonyl (C=O) groups is 1. The lowest BCUT2D eigenvalue weighted by molar-refractivity contribution is -0.384. The highest BCUT2D eigenvalue weighted by atomic mass is 16.6. The summed E-state index contributed by atoms with van der Waals surface area (Å²) in [5.74, 6) is 1.34. The first-order valence-corrected chi connectivity index (χ1v) is 10.3. The van der Waals surface area contributed by atoms with Gasteiger partial charge in [-0.05, 0) is 71.7 Å². The SMILES string of the molecule is C[C@]12CCCC[C@H]1[C@@H]2C(=O)N/N=C\c1ccc(OCc2ccc([N+](=O)[O-])cc2)cc1. The number of carbonyl (C=O) groups excluding carboxylic acids is 1. The minimum Gasteiger partial charge on any atom is -0.489 e. The monoisotopic (exact) mass is 407 g/mol. The summed E-state index contributed by atoms with van der Waals surface area (Å²) in [5, 5.41) is 14.8. The maximum Gasteiger partial charge on any atom is 0.269 e. The molecule has 2 saturated carbocycles. The van der Waals surface area contributed by atoms with E-state index in [-0.39, 0.29) is 22.9 Å². The maximum atomic E-state index is 12.4. The van der Waals surface area contributed by atoms with Crippen molar-refractivity contribution in [3.8, 4) is 5.75 Å². The number of nitrogens with one attached hydrogen (secondary N) is 1. The van der Waals surface area contributed by atoms with Gasteiger partial charge in [0.25, 0.3) is 5.69 Å². The van der Waals surface area contributed by atoms with Gasteiger partial charge in [-0.2, -0.15) is 5.10 Å². The highest BCUT2D eigenvalue weighted by molar-refractivity contribution is 5.85. The average Bonchev–Trinajstić information content (AvgIpc) is 3.39. The fourth-order valence-electron chi connectivity index (χ4n) is 4.62. The Morgan fingerprint density at radius 2 is 1.97 bits per heavy atom. The molecule has 0 bridgehead atoms. The van der Waals surface area contributed by atoms with Crippen molar-refractivity contribution in [3.63, 3.8) is 0 Å². The topological polar surface area (TPSA) is 93.8 Å². The zero-order chi connectivity index (χ0) is 21.1. The second-order valence-corrected chi connectivity index (χ2v) is 8.35. The summed E-state index contributed by atoms with van der Waals surface area (Å²) in [6, 6.07) is 13.7. The number of non-ortho nitro benzene ring substituents is 1. The van der Waals surface area contributed by atoms with E-state index in [0.29, 0.717) is 18.3 Å². The number of hydrazone groups is 1. The molecule has 1 amide bonds. The summed E-state index contributed by atoms with van der Waals surface area (Å²) in [5.41, 5.74) is 4.65. The van der Waals surface area contributed by atoms with E-state index >= 15 is 0 Å². The minimum atomic E-state index is -0.425. The van der Waals surface area contributed by atoms with Crippen LogP contribution in [0.25, 0.3) is 0 Å². The molecule has 7 heteroatoms. The second kappa shape index (κ2) is 8.26. The van der Waals surface area contributed by atoms with Crippen molar-refractivity contribution in [1.82, 2.24) is 5.43 Å². The summed E-state index contributed by atoms with van der Waals surface area (Å²) in [7, 11) is 0. The normalized spacial score (nSPS) is 24.8. The lowest BCUT2D eigenvalue weighted by Gasteiger charge is -2.15. The van der Waals surface area contributed by atoms with E-state index in [1.165, 1.54) is 25.0 Å². The number of nitrogens with zero attached hydrogens (tertiary/aromatic N) is 2. The van der Waals surface area contributed by atoms with E-state index in [9.17, 15) is 14.9 Å². The number of amides is 1. The summed E-state index contributed by atoms with van der Waals surface area (Å²) >= 11 is 0. The predicted molar refractivity (Wildman–Crippen MR) is 113 cm³/mol. The van der Waals surface area contributed by atoms with Crippen molar-refractivity contribution in [3.05, 3.63) is 69.8 Å². The van der Waals surface area contributed by atoms with Gasteiger partial charge in [-0.15, -0.1) is 0 Å². The molecule has 0 unspecified atom stereocenters. The first-order chi connectivity index (χ1) is 14.5. The van der Waals surface area contributed by atoms with Crippen LogP contribution in [0.15, 0.2) is 53.6 Å². The third-order valence-corrected chi connectivity index (χ3v) is 6.43. The molecule has 0 radical (unpaired) electrons. The van der Waals surface area contributed by atoms with E-state index < -0.39 is 4.92 Å². The van der Waals surface area contributed by atoms with Crippen LogP contribution in [0.4, 0.5) is 5.69 Å². The number of benzene rings is 2. The number of ether oxygens (including phenoxy) is 1. The van der Waals surface area contributed by atoms with E-state index in [2.05, 4.69) is 17.5 Å². The lowest BCUT2D eigenvalue weighted by Crippen LogP contribution is -2.22. The predicted octanol–water partition coefficient (Wildman–Crippen LogP) is 4.45. The van der Waals surface area contributed by atoms with Gasteiger partial charge in [-0.1, -0.05) is 19.8 Å². The summed E-state index contributed by atoms with van der Waals surface area (Å²) < 4.78 is 5.71. The molecule has 1 N–H and O–H groups in total. The number of hydrogen-bond donors (Lipinski definition) is 1. The molecule has 2 aromatic carbocycles. The second-order valence-electron chi connectivity index (χ2n) is 8.35. The molecule has 0 saturated heterocycles. The van der Waals surface area contributed by atoms with E-state index in [1.807, 2.05) is 24.3 Å². The number of nitro groups is 1. The zero-order valence-corrected chi connectivity index (χ0v) is 16.9. The van der Waals surface area contributed by atoms with Gasteiger partial charge in [0, 0.05) is 18.1 Å². The van der Waals surface area contributed by atoms with Crippen LogP contribution in [-0.4, -0.2) is 17.0 Å². The van der Waals surface area contributed by atoms with Gasteiger partial charge in [0.15, 0.2) is 0 Å². The van der Waals surface area contributed by atoms with Gasteiger partial charge < -0.3 is 4.74 Å². The van der Waals surface area contributed by atoms with Gasteiger partial charge in [0.05, 0.1) is 11.1 Å². The molecule has 2 fully saturated rings. The molecule has 3 atom stereocenters. The van der Waals surface area contributed by atoms with Gasteiger partial charge in [0.2, 0.25) is 5.91 Å². The van der Waals surface area contributed by atoms with Crippen LogP contribution in [0.5, 0.6) is 5.75 Å². The molecular weight excluding hydrogens is 382 g/mol. The lowest BCUT2D eigenvalue weighted by atomic mass is 9.90. The standard InChI is InChI=1S/C23H25N3O4/c1-23-13-3-2-4-20(23)21(23)22(27)25-24-14-16-7-11-19(12-8-16)30-15-17-5-9-18(10-6-17)26(28)29/h5-12,14,20-21H,2-4,13,15H2,1H3,(H,25,27)/b24-14-/t20-,21+,23-/m0/s1. The van der Waals surface area contributed by atoms with Crippen molar-refractivity contribution in [2.24, 2.45) is 22.4 Å². The first kappa shape index (κ1) is 20.1. The average molecular weight is 407 g/mol. The van der Waals surface area contributed by atoms with Crippen molar-refractivity contribution in [1.29, 1.82) is 0 Å². The van der Waals surface area contributed by atoms with Gasteiger partial charge in [0.1, 0.15) is 12.4 Å². The molecule has 4 rings (SSSR count). The van der Waals surface area contributed by atoms with Crippen LogP contribution in [0.2, 0.25) is 0 Å². The fraction of sp³-hybridized carbons (Fsp3) is 0.391. The molecule has 0 heterocycles. The summed E-state index contributed by atoms with van der Waals surface area (Å²) in [6.07, 6.45) is 6.37. The Bertz CT molecular complexity index is 955. The Morgan fingerprint density at radius 1 is 1.23 bits per heavy atom. The molecule has 0 aliphatic heterocycles. The van der Waals surface area contributed by atoms with E-state index in [0.717, 1.165) is 24.0 Å². The third kappa shape index (κ3) is 4.20. The number of hydrogen-bond acceptors (Lipinski definition) is 5. The van der Waals surface area contributed by atoms with E-state index in [4.69, 9.17) is 4.74 Å². The largest absolute Gasteiger partial charge is 0.489 e. The highest BCUT2D eigenvalue weighted by Crippen LogP contribution is 2.66.